The van der Waals surface area contributed by atoms with Crippen molar-refractivity contribution in [1.82, 2.24) is 9.55 Å². The summed E-state index contributed by atoms with van der Waals surface area (Å²) >= 11 is 1.69. The maximum Gasteiger partial charge on any atom is 0.228 e. The van der Waals surface area contributed by atoms with Crippen molar-refractivity contribution in [1.29, 1.82) is 0 Å². The number of imidazole rings is 1. The quantitative estimate of drug-likeness (QED) is 0.687. The molecule has 0 aliphatic heterocycles. The summed E-state index contributed by atoms with van der Waals surface area (Å²) in [6.45, 7) is 2.08. The van der Waals surface area contributed by atoms with Gasteiger partial charge in [0.1, 0.15) is 0 Å². The van der Waals surface area contributed by atoms with Crippen molar-refractivity contribution in [3.05, 3.63) is 65.1 Å². The molecule has 0 unspecified atom stereocenters. The molecule has 0 amide bonds. The smallest absolute Gasteiger partial charge is 0.228 e. The molecule has 0 N–H and O–H groups in total. The minimum atomic E-state index is -0.0476. The maximum absolute atomic E-state index is 12.5. The summed E-state index contributed by atoms with van der Waals surface area (Å²) in [5.41, 5.74) is 2.98. The summed E-state index contributed by atoms with van der Waals surface area (Å²) in [5.74, 6) is 0.415. The van der Waals surface area contributed by atoms with Gasteiger partial charge in [0.15, 0.2) is 5.82 Å². The van der Waals surface area contributed by atoms with Gasteiger partial charge in [0.25, 0.3) is 0 Å². The molecule has 3 nitrogen and oxygen atoms in total. The second-order valence-corrected chi connectivity index (χ2v) is 5.62. The second kappa shape index (κ2) is 5.06. The van der Waals surface area contributed by atoms with Crippen LogP contribution in [0.15, 0.2) is 48.1 Å². The lowest BCUT2D eigenvalue weighted by Gasteiger charge is -2.05. The Hall–Kier alpha value is -2.20. The van der Waals surface area contributed by atoms with Crippen LogP contribution in [-0.4, -0.2) is 15.3 Å². The molecule has 0 saturated heterocycles. The highest BCUT2D eigenvalue weighted by atomic mass is 32.1. The fourth-order valence-corrected chi connectivity index (χ4v) is 3.11. The predicted molar refractivity (Wildman–Crippen MR) is 81.1 cm³/mol. The third-order valence-electron chi connectivity index (χ3n) is 3.27. The van der Waals surface area contributed by atoms with Crippen molar-refractivity contribution in [2.24, 2.45) is 7.05 Å². The first-order chi connectivity index (χ1) is 9.66. The fraction of sp³-hybridized carbons (Fsp3) is 0.125. The van der Waals surface area contributed by atoms with E-state index in [0.717, 1.165) is 5.56 Å². The molecule has 2 aromatic heterocycles. The molecular formula is C16H14N2OS. The van der Waals surface area contributed by atoms with Gasteiger partial charge in [-0.2, -0.15) is 0 Å². The molecule has 0 spiro atoms. The van der Waals surface area contributed by atoms with Gasteiger partial charge in [-0.05, 0) is 35.6 Å². The molecule has 100 valence electrons. The monoisotopic (exact) mass is 282 g/mol. The number of carbonyl (C=O) groups excluding carboxylic acids is 1. The first-order valence-corrected chi connectivity index (χ1v) is 7.21. The van der Waals surface area contributed by atoms with E-state index in [1.807, 2.05) is 31.3 Å². The molecular weight excluding hydrogens is 268 g/mol. The van der Waals surface area contributed by atoms with Crippen molar-refractivity contribution in [3.63, 3.8) is 0 Å². The van der Waals surface area contributed by atoms with Gasteiger partial charge in [-0.1, -0.05) is 18.2 Å². The highest BCUT2D eigenvalue weighted by Crippen LogP contribution is 2.29. The number of rotatable bonds is 3. The van der Waals surface area contributed by atoms with Crippen LogP contribution in [0.3, 0.4) is 0 Å². The molecule has 0 aliphatic carbocycles. The third-order valence-corrected chi connectivity index (χ3v) is 4.34. The topological polar surface area (TPSA) is 34.9 Å². The minimum Gasteiger partial charge on any atom is -0.331 e. The largest absolute Gasteiger partial charge is 0.331 e. The molecule has 1 aromatic carbocycles. The number of aromatic nitrogens is 2. The van der Waals surface area contributed by atoms with Crippen LogP contribution in [0.4, 0.5) is 0 Å². The van der Waals surface area contributed by atoms with Crippen LogP contribution in [0, 0.1) is 6.92 Å². The van der Waals surface area contributed by atoms with Gasteiger partial charge in [-0.25, -0.2) is 4.98 Å². The first-order valence-electron chi connectivity index (χ1n) is 6.33. The number of hydrogen-bond acceptors (Lipinski definition) is 3. The Morgan fingerprint density at radius 1 is 1.30 bits per heavy atom. The molecule has 20 heavy (non-hydrogen) atoms. The Kier molecular flexibility index (Phi) is 3.24. The van der Waals surface area contributed by atoms with Gasteiger partial charge in [0, 0.05) is 29.9 Å². The number of nitrogens with zero attached hydrogens (tertiary/aromatic N) is 2. The Labute approximate surface area is 121 Å². The summed E-state index contributed by atoms with van der Waals surface area (Å²) in [6, 6.07) is 9.82. The molecule has 0 aliphatic rings. The van der Waals surface area contributed by atoms with E-state index in [2.05, 4.69) is 23.4 Å². The number of aryl methyl sites for hydroxylation is 2. The lowest BCUT2D eigenvalue weighted by molar-refractivity contribution is 0.102. The van der Waals surface area contributed by atoms with Gasteiger partial charge < -0.3 is 4.57 Å². The lowest BCUT2D eigenvalue weighted by atomic mass is 10.0. The van der Waals surface area contributed by atoms with Crippen molar-refractivity contribution in [3.8, 4) is 10.4 Å². The zero-order valence-corrected chi connectivity index (χ0v) is 12.1. The summed E-state index contributed by atoms with van der Waals surface area (Å²) < 4.78 is 1.74. The molecule has 0 atom stereocenters. The van der Waals surface area contributed by atoms with Gasteiger partial charge >= 0.3 is 0 Å². The van der Waals surface area contributed by atoms with E-state index in [4.69, 9.17) is 0 Å². The summed E-state index contributed by atoms with van der Waals surface area (Å²) in [5, 5.41) is 2.07. The number of hydrogen-bond donors (Lipinski definition) is 0. The predicted octanol–water partition coefficient (Wildman–Crippen LogP) is 3.69. The van der Waals surface area contributed by atoms with E-state index in [-0.39, 0.29) is 5.78 Å². The highest BCUT2D eigenvalue weighted by molar-refractivity contribution is 7.13. The van der Waals surface area contributed by atoms with Gasteiger partial charge in [-0.15, -0.1) is 11.3 Å². The van der Waals surface area contributed by atoms with Crippen LogP contribution in [0.2, 0.25) is 0 Å². The molecule has 3 aromatic rings. The molecule has 0 radical (unpaired) electrons. The molecule has 4 heteroatoms. The van der Waals surface area contributed by atoms with Crippen molar-refractivity contribution >= 4 is 17.1 Å². The van der Waals surface area contributed by atoms with E-state index in [1.54, 1.807) is 28.3 Å². The lowest BCUT2D eigenvalue weighted by Crippen LogP contribution is -2.08. The van der Waals surface area contributed by atoms with Crippen molar-refractivity contribution in [2.75, 3.05) is 0 Å². The Balaban J connectivity index is 2.02. The van der Waals surface area contributed by atoms with Crippen LogP contribution < -0.4 is 0 Å². The summed E-state index contributed by atoms with van der Waals surface area (Å²) in [7, 11) is 1.83. The number of carbonyl (C=O) groups is 1. The minimum absolute atomic E-state index is 0.0476. The number of ketones is 1. The molecule has 2 heterocycles. The van der Waals surface area contributed by atoms with Crippen LogP contribution in [0.5, 0.6) is 0 Å². The van der Waals surface area contributed by atoms with E-state index < -0.39 is 0 Å². The SMILES string of the molecule is Cc1ccsc1-c1cccc(C(=O)c2nccn2C)c1. The Morgan fingerprint density at radius 2 is 2.15 bits per heavy atom. The third kappa shape index (κ3) is 2.18. The standard InChI is InChI=1S/C16H14N2OS/c1-11-6-9-20-15(11)13-5-3-4-12(10-13)14(19)16-17-7-8-18(16)2/h3-10H,1-2H3. The molecule has 0 saturated carbocycles. The van der Waals surface area contributed by atoms with E-state index in [0.29, 0.717) is 11.4 Å². The molecule has 0 fully saturated rings. The summed E-state index contributed by atoms with van der Waals surface area (Å²) in [4.78, 5) is 17.8. The second-order valence-electron chi connectivity index (χ2n) is 4.70. The van der Waals surface area contributed by atoms with E-state index in [1.165, 1.54) is 10.4 Å². The number of thiophene rings is 1. The van der Waals surface area contributed by atoms with Crippen LogP contribution in [0.25, 0.3) is 10.4 Å². The average molecular weight is 282 g/mol. The van der Waals surface area contributed by atoms with Crippen LogP contribution in [0.1, 0.15) is 21.7 Å². The van der Waals surface area contributed by atoms with E-state index in [9.17, 15) is 4.79 Å². The van der Waals surface area contributed by atoms with Crippen molar-refractivity contribution in [2.45, 2.75) is 6.92 Å². The average Bonchev–Trinajstić information content (AvgIpc) is 3.07. The normalized spacial score (nSPS) is 10.7. The van der Waals surface area contributed by atoms with Gasteiger partial charge in [-0.3, -0.25) is 4.79 Å². The molecule has 3 rings (SSSR count). The first kappa shape index (κ1) is 12.8. The fourth-order valence-electron chi connectivity index (χ4n) is 2.18. The van der Waals surface area contributed by atoms with E-state index >= 15 is 0 Å². The van der Waals surface area contributed by atoms with Gasteiger partial charge in [0.2, 0.25) is 5.78 Å². The maximum atomic E-state index is 12.5. The Morgan fingerprint density at radius 3 is 2.80 bits per heavy atom. The zero-order valence-electron chi connectivity index (χ0n) is 11.3. The van der Waals surface area contributed by atoms with Crippen molar-refractivity contribution < 1.29 is 4.79 Å². The summed E-state index contributed by atoms with van der Waals surface area (Å²) in [6.07, 6.45) is 3.42. The number of benzene rings is 1. The Bertz CT molecular complexity index is 770. The highest BCUT2D eigenvalue weighted by Gasteiger charge is 2.14. The zero-order chi connectivity index (χ0) is 14.1. The van der Waals surface area contributed by atoms with Gasteiger partial charge in [0.05, 0.1) is 0 Å². The molecule has 0 bridgehead atoms. The van der Waals surface area contributed by atoms with Crippen LogP contribution >= 0.6 is 11.3 Å². The van der Waals surface area contributed by atoms with Crippen LogP contribution in [-0.2, 0) is 7.05 Å².